The highest BCUT2D eigenvalue weighted by molar-refractivity contribution is 6.48. The number of hydrogen-bond acceptors (Lipinski definition) is 3. The van der Waals surface area contributed by atoms with Crippen LogP contribution in [0.15, 0.2) is 0 Å². The van der Waals surface area contributed by atoms with E-state index < -0.39 is 9.28 Å². The molecule has 3 nitrogen and oxygen atoms in total. The van der Waals surface area contributed by atoms with E-state index in [1.165, 1.54) is 19.3 Å². The summed E-state index contributed by atoms with van der Waals surface area (Å²) in [5.41, 5.74) is 0. The molecule has 0 saturated heterocycles. The van der Waals surface area contributed by atoms with Gasteiger partial charge in [0.25, 0.3) is 0 Å². The second kappa shape index (κ2) is 5.99. The summed E-state index contributed by atoms with van der Waals surface area (Å²) in [6, 6.07) is 0. The van der Waals surface area contributed by atoms with E-state index in [1.807, 2.05) is 0 Å². The lowest BCUT2D eigenvalue weighted by atomic mass is 9.96. The SMILES string of the molecule is CO[SiH](OC)C1(OC(C)C)CCCCC1. The largest absolute Gasteiger partial charge is 0.398 e. The van der Waals surface area contributed by atoms with E-state index in [1.54, 1.807) is 14.2 Å². The highest BCUT2D eigenvalue weighted by Crippen LogP contribution is 2.35. The molecule has 0 unspecified atom stereocenters. The second-order valence-corrected chi connectivity index (χ2v) is 7.25. The Hall–Kier alpha value is 0.0969. The average Bonchev–Trinajstić information content (AvgIpc) is 2.19. The molecule has 0 aromatic heterocycles. The van der Waals surface area contributed by atoms with Gasteiger partial charge in [-0.25, -0.2) is 0 Å². The van der Waals surface area contributed by atoms with Crippen LogP contribution in [0.25, 0.3) is 0 Å². The van der Waals surface area contributed by atoms with Crippen molar-refractivity contribution in [3.63, 3.8) is 0 Å². The van der Waals surface area contributed by atoms with Crippen molar-refractivity contribution in [2.75, 3.05) is 14.2 Å². The Bertz CT molecular complexity index is 175. The first-order chi connectivity index (χ1) is 7.14. The second-order valence-electron chi connectivity index (χ2n) is 4.60. The minimum Gasteiger partial charge on any atom is -0.398 e. The van der Waals surface area contributed by atoms with Gasteiger partial charge in [0, 0.05) is 14.2 Å². The maximum absolute atomic E-state index is 6.13. The zero-order chi connectivity index (χ0) is 11.3. The summed E-state index contributed by atoms with van der Waals surface area (Å²) in [6.07, 6.45) is 6.25. The normalized spacial score (nSPS) is 21.2. The van der Waals surface area contributed by atoms with Crippen LogP contribution in [0.2, 0.25) is 0 Å². The quantitative estimate of drug-likeness (QED) is 0.680. The van der Waals surface area contributed by atoms with Crippen LogP contribution in [0.3, 0.4) is 0 Å². The fraction of sp³-hybridized carbons (Fsp3) is 1.00. The minimum atomic E-state index is -1.69. The van der Waals surface area contributed by atoms with Gasteiger partial charge in [-0.05, 0) is 26.7 Å². The van der Waals surface area contributed by atoms with Crippen LogP contribution in [0.4, 0.5) is 0 Å². The van der Waals surface area contributed by atoms with Crippen molar-refractivity contribution in [1.82, 2.24) is 0 Å². The molecular weight excluding hydrogens is 208 g/mol. The Kier molecular flexibility index (Phi) is 5.25. The van der Waals surface area contributed by atoms with Gasteiger partial charge in [-0.3, -0.25) is 0 Å². The lowest BCUT2D eigenvalue weighted by molar-refractivity contribution is -0.0698. The van der Waals surface area contributed by atoms with Gasteiger partial charge in [0.05, 0.1) is 6.10 Å². The van der Waals surface area contributed by atoms with Crippen LogP contribution in [0, 0.1) is 0 Å². The molecule has 0 aromatic rings. The molecule has 1 aliphatic carbocycles. The Morgan fingerprint density at radius 1 is 1.00 bits per heavy atom. The third-order valence-corrected chi connectivity index (χ3v) is 5.46. The maximum atomic E-state index is 6.13. The van der Waals surface area contributed by atoms with Gasteiger partial charge in [-0.1, -0.05) is 19.3 Å². The van der Waals surface area contributed by atoms with Crippen molar-refractivity contribution in [3.05, 3.63) is 0 Å². The lowest BCUT2D eigenvalue weighted by Crippen LogP contribution is -2.53. The van der Waals surface area contributed by atoms with Gasteiger partial charge in [-0.2, -0.15) is 0 Å². The van der Waals surface area contributed by atoms with Crippen molar-refractivity contribution < 1.29 is 13.6 Å². The molecule has 0 aliphatic heterocycles. The third kappa shape index (κ3) is 3.28. The summed E-state index contributed by atoms with van der Waals surface area (Å²) < 4.78 is 17.2. The summed E-state index contributed by atoms with van der Waals surface area (Å²) >= 11 is 0. The highest BCUT2D eigenvalue weighted by Gasteiger charge is 2.44. The van der Waals surface area contributed by atoms with Crippen molar-refractivity contribution in [3.8, 4) is 0 Å². The van der Waals surface area contributed by atoms with E-state index >= 15 is 0 Å². The van der Waals surface area contributed by atoms with E-state index in [0.717, 1.165) is 12.8 Å². The van der Waals surface area contributed by atoms with Gasteiger partial charge in [-0.15, -0.1) is 0 Å². The standard InChI is InChI=1S/C11H24O3Si/c1-10(2)14-11(15(12-3)13-4)8-6-5-7-9-11/h10,15H,5-9H2,1-4H3. The van der Waals surface area contributed by atoms with Crippen molar-refractivity contribution in [2.24, 2.45) is 0 Å². The first kappa shape index (κ1) is 13.2. The van der Waals surface area contributed by atoms with Crippen molar-refractivity contribution >= 4 is 9.28 Å². The molecular formula is C11H24O3Si. The molecule has 1 saturated carbocycles. The van der Waals surface area contributed by atoms with E-state index in [2.05, 4.69) is 13.8 Å². The Balaban J connectivity index is 2.73. The monoisotopic (exact) mass is 232 g/mol. The molecule has 15 heavy (non-hydrogen) atoms. The van der Waals surface area contributed by atoms with Crippen molar-refractivity contribution in [1.29, 1.82) is 0 Å². The van der Waals surface area contributed by atoms with Crippen LogP contribution in [-0.4, -0.2) is 34.8 Å². The van der Waals surface area contributed by atoms with Crippen molar-refractivity contribution in [2.45, 2.75) is 57.3 Å². The van der Waals surface area contributed by atoms with Gasteiger partial charge in [0.2, 0.25) is 0 Å². The minimum absolute atomic E-state index is 0.0874. The molecule has 1 aliphatic rings. The molecule has 4 heteroatoms. The fourth-order valence-electron chi connectivity index (χ4n) is 2.55. The summed E-state index contributed by atoms with van der Waals surface area (Å²) in [5.74, 6) is 0. The molecule has 0 heterocycles. The van der Waals surface area contributed by atoms with E-state index in [4.69, 9.17) is 13.6 Å². The first-order valence-electron chi connectivity index (χ1n) is 5.88. The predicted octanol–water partition coefficient (Wildman–Crippen LogP) is 2.17. The number of ether oxygens (including phenoxy) is 1. The Morgan fingerprint density at radius 3 is 1.93 bits per heavy atom. The molecule has 0 N–H and O–H groups in total. The topological polar surface area (TPSA) is 27.7 Å². The molecule has 0 bridgehead atoms. The predicted molar refractivity (Wildman–Crippen MR) is 63.2 cm³/mol. The van der Waals surface area contributed by atoms with E-state index in [9.17, 15) is 0 Å². The third-order valence-electron chi connectivity index (χ3n) is 3.03. The van der Waals surface area contributed by atoms with Gasteiger partial charge >= 0.3 is 9.28 Å². The zero-order valence-electron chi connectivity index (χ0n) is 10.4. The van der Waals surface area contributed by atoms with Crippen LogP contribution in [-0.2, 0) is 13.6 Å². The first-order valence-corrected chi connectivity index (χ1v) is 7.40. The molecule has 0 spiro atoms. The molecule has 0 atom stereocenters. The number of hydrogen-bond donors (Lipinski definition) is 0. The molecule has 0 amide bonds. The maximum Gasteiger partial charge on any atom is 0.354 e. The van der Waals surface area contributed by atoms with Gasteiger partial charge in [0.1, 0.15) is 5.22 Å². The molecule has 1 fully saturated rings. The summed E-state index contributed by atoms with van der Waals surface area (Å²) in [7, 11) is 1.81. The molecule has 0 radical (unpaired) electrons. The molecule has 1 rings (SSSR count). The lowest BCUT2D eigenvalue weighted by Gasteiger charge is -2.41. The van der Waals surface area contributed by atoms with E-state index in [-0.39, 0.29) is 11.3 Å². The Labute approximate surface area is 94.9 Å². The molecule has 90 valence electrons. The van der Waals surface area contributed by atoms with Crippen LogP contribution in [0.1, 0.15) is 46.0 Å². The van der Waals surface area contributed by atoms with Crippen LogP contribution in [0.5, 0.6) is 0 Å². The van der Waals surface area contributed by atoms with Crippen LogP contribution < -0.4 is 0 Å². The summed E-state index contributed by atoms with van der Waals surface area (Å²) in [4.78, 5) is 0. The van der Waals surface area contributed by atoms with Gasteiger partial charge < -0.3 is 13.6 Å². The highest BCUT2D eigenvalue weighted by atomic mass is 28.3. The molecule has 0 aromatic carbocycles. The Morgan fingerprint density at radius 2 is 1.53 bits per heavy atom. The fourth-order valence-corrected chi connectivity index (χ4v) is 4.87. The summed E-state index contributed by atoms with van der Waals surface area (Å²) in [5, 5.41) is -0.0874. The smallest absolute Gasteiger partial charge is 0.354 e. The zero-order valence-corrected chi connectivity index (χ0v) is 11.6. The van der Waals surface area contributed by atoms with Crippen LogP contribution >= 0.6 is 0 Å². The van der Waals surface area contributed by atoms with E-state index in [0.29, 0.717) is 0 Å². The average molecular weight is 232 g/mol. The van der Waals surface area contributed by atoms with Gasteiger partial charge in [0.15, 0.2) is 0 Å². The summed E-state index contributed by atoms with van der Waals surface area (Å²) in [6.45, 7) is 4.18. The number of rotatable bonds is 5.